The number of amides is 1. The summed E-state index contributed by atoms with van der Waals surface area (Å²) in [6.07, 6.45) is 3.73. The Morgan fingerprint density at radius 2 is 1.92 bits per heavy atom. The number of carbonyl (C=O) groups is 1. The summed E-state index contributed by atoms with van der Waals surface area (Å²) in [7, 11) is 0. The summed E-state index contributed by atoms with van der Waals surface area (Å²) in [6.45, 7) is 2.07. The van der Waals surface area contributed by atoms with Gasteiger partial charge in [-0.15, -0.1) is 0 Å². The third-order valence-corrected chi connectivity index (χ3v) is 4.07. The van der Waals surface area contributed by atoms with E-state index in [9.17, 15) is 4.79 Å². The van der Waals surface area contributed by atoms with Gasteiger partial charge in [-0.25, -0.2) is 5.43 Å². The van der Waals surface area contributed by atoms with Gasteiger partial charge in [-0.2, -0.15) is 5.10 Å². The Kier molecular flexibility index (Phi) is 5.14. The van der Waals surface area contributed by atoms with Crippen LogP contribution in [0.25, 0.3) is 6.08 Å². The van der Waals surface area contributed by atoms with Gasteiger partial charge in [0.1, 0.15) is 0 Å². The molecule has 0 fully saturated rings. The summed E-state index contributed by atoms with van der Waals surface area (Å²) in [5.74, 6) is 1.25. The minimum Gasteiger partial charge on any atom is -0.454 e. The van der Waals surface area contributed by atoms with E-state index in [1.807, 2.05) is 49.4 Å². The molecule has 1 heterocycles. The Labute approximate surface area is 153 Å². The van der Waals surface area contributed by atoms with Crippen LogP contribution in [0.3, 0.4) is 0 Å². The van der Waals surface area contributed by atoms with Crippen molar-refractivity contribution in [1.29, 1.82) is 0 Å². The molecule has 0 unspecified atom stereocenters. The highest BCUT2D eigenvalue weighted by atomic mass is 127. The molecular weight excluding hydrogens is 419 g/mol. The van der Waals surface area contributed by atoms with Crippen molar-refractivity contribution in [3.8, 4) is 11.5 Å². The molecule has 122 valence electrons. The molecule has 6 heteroatoms. The second-order valence-electron chi connectivity index (χ2n) is 5.15. The molecule has 0 atom stereocenters. The van der Waals surface area contributed by atoms with Gasteiger partial charge in [0.2, 0.25) is 6.79 Å². The maximum Gasteiger partial charge on any atom is 0.271 e. The topological polar surface area (TPSA) is 59.9 Å². The Bertz CT molecular complexity index is 814. The normalized spacial score (nSPS) is 13.3. The summed E-state index contributed by atoms with van der Waals surface area (Å²) in [5.41, 5.74) is 4.78. The number of carbonyl (C=O) groups excluding carboxylic acids is 1. The first-order valence-corrected chi connectivity index (χ1v) is 8.37. The number of nitrogens with one attached hydrogen (secondary N) is 1. The summed E-state index contributed by atoms with van der Waals surface area (Å²) in [5, 5.41) is 4.08. The fraction of sp³-hybridized carbons (Fsp3) is 0.111. The Balaban J connectivity index is 1.61. The number of benzene rings is 2. The first kappa shape index (κ1) is 16.5. The van der Waals surface area contributed by atoms with Crippen molar-refractivity contribution >= 4 is 40.3 Å². The van der Waals surface area contributed by atoms with Gasteiger partial charge in [0.25, 0.3) is 5.91 Å². The van der Waals surface area contributed by atoms with Crippen molar-refractivity contribution in [1.82, 2.24) is 5.43 Å². The molecule has 0 radical (unpaired) electrons. The number of hydrogen-bond donors (Lipinski definition) is 1. The largest absolute Gasteiger partial charge is 0.454 e. The zero-order valence-corrected chi connectivity index (χ0v) is 15.1. The maximum atomic E-state index is 12.0. The minimum absolute atomic E-state index is 0.234. The van der Waals surface area contributed by atoms with E-state index in [4.69, 9.17) is 9.47 Å². The SMILES string of the molecule is CC(/C=C/c1ccc2c(c1)OCO2)=N/NC(=O)c1ccc(I)cc1. The van der Waals surface area contributed by atoms with E-state index in [0.717, 1.165) is 20.6 Å². The Morgan fingerprint density at radius 3 is 2.71 bits per heavy atom. The first-order valence-electron chi connectivity index (χ1n) is 7.30. The van der Waals surface area contributed by atoms with Crippen LogP contribution in [0.2, 0.25) is 0 Å². The molecule has 1 N–H and O–H groups in total. The number of ether oxygens (including phenoxy) is 2. The van der Waals surface area contributed by atoms with Gasteiger partial charge in [-0.1, -0.05) is 12.1 Å². The number of hydrazone groups is 1. The predicted molar refractivity (Wildman–Crippen MR) is 101 cm³/mol. The van der Waals surface area contributed by atoms with Gasteiger partial charge in [0, 0.05) is 9.13 Å². The van der Waals surface area contributed by atoms with Crippen molar-refractivity contribution in [2.45, 2.75) is 6.92 Å². The van der Waals surface area contributed by atoms with Gasteiger partial charge < -0.3 is 9.47 Å². The molecule has 1 amide bonds. The van der Waals surface area contributed by atoms with Crippen LogP contribution in [-0.2, 0) is 0 Å². The molecular formula is C18H15IN2O3. The maximum absolute atomic E-state index is 12.0. The summed E-state index contributed by atoms with van der Waals surface area (Å²) < 4.78 is 11.7. The van der Waals surface area contributed by atoms with Gasteiger partial charge in [0.15, 0.2) is 11.5 Å². The zero-order chi connectivity index (χ0) is 16.9. The van der Waals surface area contributed by atoms with Crippen LogP contribution >= 0.6 is 22.6 Å². The van der Waals surface area contributed by atoms with Gasteiger partial charge in [0.05, 0.1) is 5.71 Å². The smallest absolute Gasteiger partial charge is 0.271 e. The van der Waals surface area contributed by atoms with Crippen LogP contribution in [0.15, 0.2) is 53.6 Å². The number of rotatable bonds is 4. The number of halogens is 1. The van der Waals surface area contributed by atoms with Crippen molar-refractivity contribution in [2.24, 2.45) is 5.10 Å². The van der Waals surface area contributed by atoms with Crippen LogP contribution in [0.1, 0.15) is 22.8 Å². The van der Waals surface area contributed by atoms with Gasteiger partial charge >= 0.3 is 0 Å². The second kappa shape index (κ2) is 7.48. The fourth-order valence-corrected chi connectivity index (χ4v) is 2.44. The molecule has 5 nitrogen and oxygen atoms in total. The summed E-state index contributed by atoms with van der Waals surface area (Å²) in [6, 6.07) is 13.0. The quantitative estimate of drug-likeness (QED) is 0.452. The molecule has 24 heavy (non-hydrogen) atoms. The molecule has 0 spiro atoms. The molecule has 0 aromatic heterocycles. The highest BCUT2D eigenvalue weighted by Gasteiger charge is 2.12. The van der Waals surface area contributed by atoms with Crippen molar-refractivity contribution < 1.29 is 14.3 Å². The standard InChI is InChI=1S/C18H15IN2O3/c1-12(20-21-18(22)14-5-7-15(19)8-6-14)2-3-13-4-9-16-17(10-13)24-11-23-16/h2-10H,11H2,1H3,(H,21,22)/b3-2+,20-12-. The van der Waals surface area contributed by atoms with Crippen LogP contribution in [0, 0.1) is 3.57 Å². The number of nitrogens with zero attached hydrogens (tertiary/aromatic N) is 1. The molecule has 2 aromatic carbocycles. The van der Waals surface area contributed by atoms with E-state index < -0.39 is 0 Å². The lowest BCUT2D eigenvalue weighted by molar-refractivity contribution is 0.0955. The summed E-state index contributed by atoms with van der Waals surface area (Å²) in [4.78, 5) is 12.0. The number of hydrogen-bond acceptors (Lipinski definition) is 4. The Hall–Kier alpha value is -2.35. The zero-order valence-electron chi connectivity index (χ0n) is 13.0. The predicted octanol–water partition coefficient (Wildman–Crippen LogP) is 3.84. The van der Waals surface area contributed by atoms with E-state index in [1.165, 1.54) is 0 Å². The molecule has 1 aliphatic heterocycles. The molecule has 0 aliphatic carbocycles. The number of fused-ring (bicyclic) bond motifs is 1. The monoisotopic (exact) mass is 434 g/mol. The highest BCUT2D eigenvalue weighted by Crippen LogP contribution is 2.32. The lowest BCUT2D eigenvalue weighted by Gasteiger charge is -2.01. The van der Waals surface area contributed by atoms with Crippen molar-refractivity contribution in [2.75, 3.05) is 6.79 Å². The molecule has 1 aliphatic rings. The van der Waals surface area contributed by atoms with E-state index >= 15 is 0 Å². The van der Waals surface area contributed by atoms with E-state index in [0.29, 0.717) is 11.3 Å². The second-order valence-corrected chi connectivity index (χ2v) is 6.39. The minimum atomic E-state index is -0.234. The van der Waals surface area contributed by atoms with Crippen molar-refractivity contribution in [3.63, 3.8) is 0 Å². The van der Waals surface area contributed by atoms with Crippen LogP contribution < -0.4 is 14.9 Å². The van der Waals surface area contributed by atoms with Gasteiger partial charge in [-0.05, 0) is 77.6 Å². The van der Waals surface area contributed by atoms with Crippen LogP contribution in [-0.4, -0.2) is 18.4 Å². The molecule has 0 saturated carbocycles. The van der Waals surface area contributed by atoms with E-state index in [-0.39, 0.29) is 12.7 Å². The van der Waals surface area contributed by atoms with Gasteiger partial charge in [-0.3, -0.25) is 4.79 Å². The number of allylic oxidation sites excluding steroid dienone is 1. The summed E-state index contributed by atoms with van der Waals surface area (Å²) >= 11 is 2.19. The molecule has 3 rings (SSSR count). The fourth-order valence-electron chi connectivity index (χ4n) is 2.08. The average Bonchev–Trinajstić information content (AvgIpc) is 3.06. The lowest BCUT2D eigenvalue weighted by atomic mass is 10.2. The van der Waals surface area contributed by atoms with Crippen molar-refractivity contribution in [3.05, 3.63) is 63.2 Å². The van der Waals surface area contributed by atoms with Crippen LogP contribution in [0.4, 0.5) is 0 Å². The lowest BCUT2D eigenvalue weighted by Crippen LogP contribution is -2.18. The first-order chi connectivity index (χ1) is 11.6. The molecule has 0 bridgehead atoms. The van der Waals surface area contributed by atoms with Crippen LogP contribution in [0.5, 0.6) is 11.5 Å². The molecule has 0 saturated heterocycles. The Morgan fingerprint density at radius 1 is 1.17 bits per heavy atom. The third-order valence-electron chi connectivity index (χ3n) is 3.35. The van der Waals surface area contributed by atoms with E-state index in [2.05, 4.69) is 33.1 Å². The molecule has 2 aromatic rings. The third kappa shape index (κ3) is 4.14. The van der Waals surface area contributed by atoms with E-state index in [1.54, 1.807) is 12.1 Å². The average molecular weight is 434 g/mol. The highest BCUT2D eigenvalue weighted by molar-refractivity contribution is 14.1.